The summed E-state index contributed by atoms with van der Waals surface area (Å²) in [6.45, 7) is 1.79. The Bertz CT molecular complexity index is 1100. The summed E-state index contributed by atoms with van der Waals surface area (Å²) in [6.07, 6.45) is 5.03. The highest BCUT2D eigenvalue weighted by molar-refractivity contribution is 5.96. The molecular formula is C20H19N5O2. The fraction of sp³-hybridized carbons (Fsp3) is 0.150. The Kier molecular flexibility index (Phi) is 4.43. The van der Waals surface area contributed by atoms with Gasteiger partial charge in [0.2, 0.25) is 0 Å². The van der Waals surface area contributed by atoms with Crippen molar-refractivity contribution in [3.05, 3.63) is 71.9 Å². The van der Waals surface area contributed by atoms with Gasteiger partial charge in [-0.15, -0.1) is 0 Å². The summed E-state index contributed by atoms with van der Waals surface area (Å²) < 4.78 is 0. The summed E-state index contributed by atoms with van der Waals surface area (Å²) in [6, 6.07) is 10.9. The Labute approximate surface area is 155 Å². The van der Waals surface area contributed by atoms with Gasteiger partial charge in [-0.2, -0.15) is 0 Å². The van der Waals surface area contributed by atoms with Crippen LogP contribution in [0, 0.1) is 6.92 Å². The maximum absolute atomic E-state index is 12.6. The second-order valence-corrected chi connectivity index (χ2v) is 6.39. The molecule has 0 saturated carbocycles. The highest BCUT2D eigenvalue weighted by Crippen LogP contribution is 2.25. The first-order chi connectivity index (χ1) is 13.2. The highest BCUT2D eigenvalue weighted by Gasteiger charge is 2.17. The van der Waals surface area contributed by atoms with Gasteiger partial charge in [-0.25, -0.2) is 9.97 Å². The maximum Gasteiger partial charge on any atom is 0.268 e. The summed E-state index contributed by atoms with van der Waals surface area (Å²) in [5.74, 6) is -0.291. The molecule has 0 aliphatic heterocycles. The molecule has 4 rings (SSSR count). The fourth-order valence-electron chi connectivity index (χ4n) is 3.12. The molecule has 0 spiro atoms. The zero-order chi connectivity index (χ0) is 18.8. The van der Waals surface area contributed by atoms with Gasteiger partial charge >= 0.3 is 0 Å². The van der Waals surface area contributed by atoms with Crippen molar-refractivity contribution in [1.82, 2.24) is 25.3 Å². The molecule has 0 bridgehead atoms. The van der Waals surface area contributed by atoms with Crippen molar-refractivity contribution in [2.75, 3.05) is 6.61 Å². The Morgan fingerprint density at radius 2 is 2.11 bits per heavy atom. The molecule has 0 radical (unpaired) electrons. The third-order valence-electron chi connectivity index (χ3n) is 4.49. The molecule has 0 saturated heterocycles. The number of H-pyrrole nitrogens is 2. The number of rotatable bonds is 5. The number of amides is 1. The van der Waals surface area contributed by atoms with Crippen molar-refractivity contribution >= 4 is 16.9 Å². The van der Waals surface area contributed by atoms with E-state index in [4.69, 9.17) is 0 Å². The van der Waals surface area contributed by atoms with Gasteiger partial charge in [-0.05, 0) is 24.6 Å². The van der Waals surface area contributed by atoms with E-state index in [9.17, 15) is 9.90 Å². The number of nitrogens with one attached hydrogen (secondary N) is 3. The highest BCUT2D eigenvalue weighted by atomic mass is 16.3. The molecule has 0 unspecified atom stereocenters. The van der Waals surface area contributed by atoms with Crippen LogP contribution in [0.4, 0.5) is 0 Å². The van der Waals surface area contributed by atoms with Crippen LogP contribution in [0.15, 0.2) is 55.1 Å². The van der Waals surface area contributed by atoms with E-state index in [2.05, 4.69) is 25.3 Å². The first-order valence-corrected chi connectivity index (χ1v) is 8.61. The first-order valence-electron chi connectivity index (χ1n) is 8.61. The zero-order valence-corrected chi connectivity index (χ0v) is 14.7. The molecule has 3 heterocycles. The van der Waals surface area contributed by atoms with Crippen molar-refractivity contribution in [2.24, 2.45) is 0 Å². The summed E-state index contributed by atoms with van der Waals surface area (Å²) in [4.78, 5) is 27.2. The van der Waals surface area contributed by atoms with Gasteiger partial charge in [0.25, 0.3) is 5.91 Å². The molecule has 27 heavy (non-hydrogen) atoms. The summed E-state index contributed by atoms with van der Waals surface area (Å²) >= 11 is 0. The van der Waals surface area contributed by atoms with Gasteiger partial charge in [0.1, 0.15) is 17.7 Å². The largest absolute Gasteiger partial charge is 0.394 e. The van der Waals surface area contributed by atoms with Crippen LogP contribution in [0.1, 0.15) is 27.7 Å². The second kappa shape index (κ2) is 7.05. The number of nitrogens with zero attached hydrogens (tertiary/aromatic N) is 2. The lowest BCUT2D eigenvalue weighted by Gasteiger charge is -2.16. The molecule has 0 aliphatic carbocycles. The number of aromatic nitrogens is 4. The lowest BCUT2D eigenvalue weighted by atomic mass is 10.0. The molecule has 7 nitrogen and oxygen atoms in total. The van der Waals surface area contributed by atoms with Crippen LogP contribution in [0.2, 0.25) is 0 Å². The molecule has 1 amide bonds. The van der Waals surface area contributed by atoms with Crippen molar-refractivity contribution in [1.29, 1.82) is 0 Å². The third-order valence-corrected chi connectivity index (χ3v) is 4.49. The fourth-order valence-corrected chi connectivity index (χ4v) is 3.12. The topological polar surface area (TPSA) is 107 Å². The lowest BCUT2D eigenvalue weighted by molar-refractivity contribution is 0.0911. The van der Waals surface area contributed by atoms with E-state index in [1.54, 1.807) is 18.5 Å². The van der Waals surface area contributed by atoms with Gasteiger partial charge in [-0.1, -0.05) is 29.8 Å². The number of carbonyl (C=O) groups is 1. The van der Waals surface area contributed by atoms with E-state index in [1.165, 1.54) is 6.33 Å². The molecule has 1 atom stereocenters. The van der Waals surface area contributed by atoms with Crippen LogP contribution in [-0.4, -0.2) is 37.6 Å². The van der Waals surface area contributed by atoms with Crippen molar-refractivity contribution in [3.63, 3.8) is 0 Å². The molecule has 3 aromatic heterocycles. The zero-order valence-electron chi connectivity index (χ0n) is 14.7. The van der Waals surface area contributed by atoms with Gasteiger partial charge in [0.15, 0.2) is 0 Å². The van der Waals surface area contributed by atoms with Crippen LogP contribution in [0.25, 0.3) is 22.3 Å². The van der Waals surface area contributed by atoms with Crippen molar-refractivity contribution in [2.45, 2.75) is 13.0 Å². The molecule has 1 aromatic carbocycles. The van der Waals surface area contributed by atoms with Crippen molar-refractivity contribution in [3.8, 4) is 11.3 Å². The number of carbonyl (C=O) groups excluding carboxylic acids is 1. The number of benzene rings is 1. The summed E-state index contributed by atoms with van der Waals surface area (Å²) in [5.41, 5.74) is 4.62. The molecule has 0 aliphatic rings. The van der Waals surface area contributed by atoms with Crippen LogP contribution < -0.4 is 5.32 Å². The number of hydrogen-bond donors (Lipinski definition) is 4. The van der Waals surface area contributed by atoms with E-state index >= 15 is 0 Å². The standard InChI is InChI=1S/C20H19N5O2/c1-12-3-2-4-13(7-12)17(10-26)25-20(27)16-8-14(9-22-16)18-15-5-6-21-19(15)24-11-23-18/h2-9,11,17,22,26H,10H2,1H3,(H,25,27)(H,21,23,24)/t17-/m1/s1. The summed E-state index contributed by atoms with van der Waals surface area (Å²) in [7, 11) is 0. The van der Waals surface area contributed by atoms with Crippen LogP contribution in [-0.2, 0) is 0 Å². The number of fused-ring (bicyclic) bond motifs is 1. The van der Waals surface area contributed by atoms with Crippen LogP contribution in [0.5, 0.6) is 0 Å². The average molecular weight is 361 g/mol. The minimum atomic E-state index is -0.473. The molecule has 0 fully saturated rings. The molecule has 4 N–H and O–H groups in total. The van der Waals surface area contributed by atoms with Crippen LogP contribution in [0.3, 0.4) is 0 Å². The van der Waals surface area contributed by atoms with Crippen molar-refractivity contribution < 1.29 is 9.90 Å². The predicted molar refractivity (Wildman–Crippen MR) is 102 cm³/mol. The maximum atomic E-state index is 12.6. The number of aryl methyl sites for hydroxylation is 1. The Balaban J connectivity index is 1.57. The molecular weight excluding hydrogens is 342 g/mol. The number of aliphatic hydroxyl groups is 1. The molecule has 136 valence electrons. The first kappa shape index (κ1) is 17.0. The number of aliphatic hydroxyl groups excluding tert-OH is 1. The predicted octanol–water partition coefficient (Wildman–Crippen LogP) is 2.72. The monoisotopic (exact) mass is 361 g/mol. The van der Waals surface area contributed by atoms with Gasteiger partial charge < -0.3 is 20.4 Å². The van der Waals surface area contributed by atoms with E-state index in [1.807, 2.05) is 37.3 Å². The number of hydrogen-bond acceptors (Lipinski definition) is 4. The van der Waals surface area contributed by atoms with E-state index in [-0.39, 0.29) is 12.5 Å². The normalized spacial score (nSPS) is 12.2. The second-order valence-electron chi connectivity index (χ2n) is 6.39. The lowest BCUT2D eigenvalue weighted by Crippen LogP contribution is -2.31. The van der Waals surface area contributed by atoms with E-state index in [0.717, 1.165) is 33.4 Å². The van der Waals surface area contributed by atoms with Gasteiger partial charge in [0, 0.05) is 23.3 Å². The Morgan fingerprint density at radius 1 is 1.22 bits per heavy atom. The van der Waals surface area contributed by atoms with Gasteiger partial charge in [-0.3, -0.25) is 4.79 Å². The molecule has 7 heteroatoms. The van der Waals surface area contributed by atoms with Gasteiger partial charge in [0.05, 0.1) is 18.3 Å². The van der Waals surface area contributed by atoms with Crippen LogP contribution >= 0.6 is 0 Å². The Morgan fingerprint density at radius 3 is 2.93 bits per heavy atom. The molecule has 4 aromatic rings. The number of aromatic amines is 2. The minimum Gasteiger partial charge on any atom is -0.394 e. The smallest absolute Gasteiger partial charge is 0.268 e. The third kappa shape index (κ3) is 3.32. The minimum absolute atomic E-state index is 0.182. The van der Waals surface area contributed by atoms with E-state index in [0.29, 0.717) is 5.69 Å². The Hall–Kier alpha value is -3.45. The SMILES string of the molecule is Cc1cccc([C@@H](CO)NC(=O)c2cc(-c3ncnc4[nH]ccc34)c[nH]2)c1. The van der Waals surface area contributed by atoms with E-state index < -0.39 is 6.04 Å². The quantitative estimate of drug-likeness (QED) is 0.438. The average Bonchev–Trinajstić information content (AvgIpc) is 3.35. The summed E-state index contributed by atoms with van der Waals surface area (Å²) in [5, 5.41) is 13.4.